The molecule has 0 atom stereocenters. The highest BCUT2D eigenvalue weighted by atomic mass is 79.9. The van der Waals surface area contributed by atoms with Gasteiger partial charge in [-0.25, -0.2) is 4.99 Å². The number of rotatable bonds is 3. The zero-order chi connectivity index (χ0) is 23.3. The highest BCUT2D eigenvalue weighted by molar-refractivity contribution is 9.10. The van der Waals surface area contributed by atoms with Crippen LogP contribution in [0.25, 0.3) is 0 Å². The lowest BCUT2D eigenvalue weighted by Gasteiger charge is -2.39. The fourth-order valence-corrected chi connectivity index (χ4v) is 5.76. The van der Waals surface area contributed by atoms with Gasteiger partial charge in [0.1, 0.15) is 0 Å². The molecule has 33 heavy (non-hydrogen) atoms. The van der Waals surface area contributed by atoms with Crippen LogP contribution in [-0.2, 0) is 11.8 Å². The number of halogens is 1. The second-order valence-corrected chi connectivity index (χ2v) is 10.8. The monoisotopic (exact) mass is 501 g/mol. The van der Waals surface area contributed by atoms with E-state index < -0.39 is 0 Å². The molecule has 1 aliphatic carbocycles. The minimum Gasteiger partial charge on any atom is -0.378 e. The lowest BCUT2D eigenvalue weighted by Crippen LogP contribution is -2.34. The van der Waals surface area contributed by atoms with Crippen LogP contribution in [-0.4, -0.2) is 32.9 Å². The van der Waals surface area contributed by atoms with Crippen molar-refractivity contribution >= 4 is 38.7 Å². The van der Waals surface area contributed by atoms with E-state index >= 15 is 0 Å². The Kier molecular flexibility index (Phi) is 5.60. The first-order valence-electron chi connectivity index (χ1n) is 11.9. The molecule has 2 aliphatic rings. The summed E-state index contributed by atoms with van der Waals surface area (Å²) in [5.41, 5.74) is 11.3. The number of benzene rings is 3. The second kappa shape index (κ2) is 8.32. The Morgan fingerprint density at radius 1 is 1.00 bits per heavy atom. The molecular weight excluding hydrogens is 470 g/mol. The Morgan fingerprint density at radius 3 is 2.52 bits per heavy atom. The van der Waals surface area contributed by atoms with Gasteiger partial charge < -0.3 is 9.80 Å². The molecule has 3 aromatic carbocycles. The first-order valence-corrected chi connectivity index (χ1v) is 12.7. The van der Waals surface area contributed by atoms with Crippen LogP contribution >= 0.6 is 15.9 Å². The lowest BCUT2D eigenvalue weighted by molar-refractivity contribution is 0.628. The van der Waals surface area contributed by atoms with E-state index in [2.05, 4.69) is 115 Å². The summed E-state index contributed by atoms with van der Waals surface area (Å²) in [4.78, 5) is 9.97. The molecule has 0 amide bonds. The molecule has 0 radical (unpaired) electrons. The fourth-order valence-electron chi connectivity index (χ4n) is 5.37. The molecule has 0 unspecified atom stereocenters. The maximum Gasteiger partial charge on any atom is 0.0787 e. The predicted molar refractivity (Wildman–Crippen MR) is 145 cm³/mol. The molecular formula is C29H32BrN3. The van der Waals surface area contributed by atoms with Crippen molar-refractivity contribution in [3.05, 3.63) is 86.9 Å². The molecule has 3 aromatic rings. The molecule has 1 aliphatic heterocycles. The van der Waals surface area contributed by atoms with Gasteiger partial charge in [-0.2, -0.15) is 0 Å². The van der Waals surface area contributed by atoms with Gasteiger partial charge in [0.2, 0.25) is 0 Å². The van der Waals surface area contributed by atoms with Gasteiger partial charge in [0.15, 0.2) is 0 Å². The van der Waals surface area contributed by atoms with Gasteiger partial charge in [0, 0.05) is 59.6 Å². The number of fused-ring (bicyclic) bond motifs is 3. The first kappa shape index (κ1) is 22.2. The van der Waals surface area contributed by atoms with E-state index in [1.165, 1.54) is 45.6 Å². The van der Waals surface area contributed by atoms with Crippen LogP contribution in [0.3, 0.4) is 0 Å². The average Bonchev–Trinajstić information content (AvgIpc) is 2.80. The molecule has 0 spiro atoms. The van der Waals surface area contributed by atoms with E-state index in [0.29, 0.717) is 0 Å². The summed E-state index contributed by atoms with van der Waals surface area (Å²) in [6.07, 6.45) is 2.35. The van der Waals surface area contributed by atoms with Gasteiger partial charge in [0.25, 0.3) is 0 Å². The van der Waals surface area contributed by atoms with Gasteiger partial charge in [-0.15, -0.1) is 0 Å². The van der Waals surface area contributed by atoms with Crippen LogP contribution < -0.4 is 9.80 Å². The molecule has 0 N–H and O–H groups in total. The molecule has 3 nitrogen and oxygen atoms in total. The zero-order valence-electron chi connectivity index (χ0n) is 20.2. The first-order chi connectivity index (χ1) is 15.8. The Hall–Kier alpha value is -2.59. The van der Waals surface area contributed by atoms with Gasteiger partial charge >= 0.3 is 0 Å². The van der Waals surface area contributed by atoms with Crippen LogP contribution in [0.2, 0.25) is 0 Å². The molecule has 1 heterocycles. The van der Waals surface area contributed by atoms with Crippen molar-refractivity contribution in [1.82, 2.24) is 0 Å². The van der Waals surface area contributed by atoms with Crippen LogP contribution in [0.15, 0.2) is 64.1 Å². The van der Waals surface area contributed by atoms with E-state index in [4.69, 9.17) is 4.99 Å². The van der Waals surface area contributed by atoms with Crippen LogP contribution in [0.1, 0.15) is 55.0 Å². The lowest BCUT2D eigenvalue weighted by atomic mass is 9.67. The molecule has 0 bridgehead atoms. The Balaban J connectivity index is 1.80. The van der Waals surface area contributed by atoms with E-state index in [1.807, 2.05) is 0 Å². The van der Waals surface area contributed by atoms with Gasteiger partial charge in [-0.05, 0) is 78.9 Å². The second-order valence-electron chi connectivity index (χ2n) is 9.90. The van der Waals surface area contributed by atoms with Crippen LogP contribution in [0, 0.1) is 0 Å². The highest BCUT2D eigenvalue weighted by Crippen LogP contribution is 2.46. The number of hydrogen-bond acceptors (Lipinski definition) is 3. The third kappa shape index (κ3) is 3.78. The van der Waals surface area contributed by atoms with Crippen molar-refractivity contribution in [3.63, 3.8) is 0 Å². The summed E-state index contributed by atoms with van der Waals surface area (Å²) >= 11 is 3.62. The van der Waals surface area contributed by atoms with Gasteiger partial charge in [-0.1, -0.05) is 41.9 Å². The van der Waals surface area contributed by atoms with Crippen molar-refractivity contribution < 1.29 is 0 Å². The summed E-state index contributed by atoms with van der Waals surface area (Å²) in [6.45, 7) is 9.19. The molecule has 0 saturated carbocycles. The van der Waals surface area contributed by atoms with Crippen molar-refractivity contribution in [2.24, 2.45) is 4.99 Å². The summed E-state index contributed by atoms with van der Waals surface area (Å²) in [5, 5.41) is 0. The van der Waals surface area contributed by atoms with Crippen LogP contribution in [0.4, 0.5) is 17.1 Å². The molecule has 5 rings (SSSR count). The van der Waals surface area contributed by atoms with Crippen molar-refractivity contribution in [1.29, 1.82) is 0 Å². The number of aliphatic imine (C=N–C) groups is 1. The maximum absolute atomic E-state index is 5.25. The topological polar surface area (TPSA) is 18.8 Å². The smallest absolute Gasteiger partial charge is 0.0787 e. The number of nitrogens with zero attached hydrogens (tertiary/aromatic N) is 3. The Morgan fingerprint density at radius 2 is 1.79 bits per heavy atom. The van der Waals surface area contributed by atoms with Gasteiger partial charge in [-0.3, -0.25) is 0 Å². The fraction of sp³-hybridized carbons (Fsp3) is 0.345. The summed E-state index contributed by atoms with van der Waals surface area (Å²) < 4.78 is 1.05. The summed E-state index contributed by atoms with van der Waals surface area (Å²) in [6, 6.07) is 20.0. The zero-order valence-corrected chi connectivity index (χ0v) is 21.8. The SMILES string of the molecule is CCN1CCCc2cc3c(cc21)C(C)(C)c1cc(N(C)C)ccc1C3=Nc1cccc(Br)c1. The number of aryl methyl sites for hydroxylation is 1. The maximum atomic E-state index is 5.25. The minimum absolute atomic E-state index is 0.112. The van der Waals surface area contributed by atoms with E-state index in [9.17, 15) is 0 Å². The van der Waals surface area contributed by atoms with E-state index in [-0.39, 0.29) is 5.41 Å². The molecule has 4 heteroatoms. The van der Waals surface area contributed by atoms with E-state index in [1.54, 1.807) is 0 Å². The third-order valence-corrected chi connectivity index (χ3v) is 7.73. The molecule has 0 aromatic heterocycles. The third-order valence-electron chi connectivity index (χ3n) is 7.24. The van der Waals surface area contributed by atoms with Crippen molar-refractivity contribution in [2.45, 2.75) is 39.0 Å². The van der Waals surface area contributed by atoms with Gasteiger partial charge in [0.05, 0.1) is 11.4 Å². The highest BCUT2D eigenvalue weighted by Gasteiger charge is 2.37. The quantitative estimate of drug-likeness (QED) is 0.381. The Bertz CT molecular complexity index is 1260. The number of anilines is 2. The molecule has 0 fully saturated rings. The van der Waals surface area contributed by atoms with Crippen LogP contribution in [0.5, 0.6) is 0 Å². The number of hydrogen-bond donors (Lipinski definition) is 0. The minimum atomic E-state index is -0.112. The molecule has 170 valence electrons. The largest absolute Gasteiger partial charge is 0.378 e. The molecule has 0 saturated heterocycles. The van der Waals surface area contributed by atoms with Crippen molar-refractivity contribution in [3.8, 4) is 0 Å². The standard InChI is InChI=1S/C29H32BrN3/c1-6-33-14-8-9-19-15-24-26(18-27(19)33)29(2,3)25-17-22(32(4)5)12-13-23(25)28(24)31-21-11-7-10-20(30)16-21/h7,10-13,15-18H,6,8-9,14H2,1-5H3. The van der Waals surface area contributed by atoms with Crippen molar-refractivity contribution in [2.75, 3.05) is 37.0 Å². The average molecular weight is 503 g/mol. The predicted octanol–water partition coefficient (Wildman–Crippen LogP) is 7.10. The summed E-state index contributed by atoms with van der Waals surface area (Å²) in [5.74, 6) is 0. The summed E-state index contributed by atoms with van der Waals surface area (Å²) in [7, 11) is 4.22. The normalized spacial score (nSPS) is 17.4. The Labute approximate surface area is 206 Å². The van der Waals surface area contributed by atoms with E-state index in [0.717, 1.165) is 35.4 Å².